The van der Waals surface area contributed by atoms with E-state index < -0.39 is 0 Å². The first-order valence-corrected chi connectivity index (χ1v) is 7.74. The molecule has 0 saturated heterocycles. The Labute approximate surface area is 121 Å². The maximum Gasteiger partial charge on any atom is 0.323 e. The van der Waals surface area contributed by atoms with Gasteiger partial charge in [-0.2, -0.15) is 0 Å². The van der Waals surface area contributed by atoms with Gasteiger partial charge >= 0.3 is 5.97 Å². The molecule has 18 heavy (non-hydrogen) atoms. The fraction of sp³-hybridized carbons (Fsp3) is 0.462. The lowest BCUT2D eigenvalue weighted by Gasteiger charge is -2.16. The third-order valence-corrected chi connectivity index (χ3v) is 4.38. The highest BCUT2D eigenvalue weighted by molar-refractivity contribution is 9.10. The van der Waals surface area contributed by atoms with E-state index in [0.717, 1.165) is 15.9 Å². The van der Waals surface area contributed by atoms with E-state index in [2.05, 4.69) is 21.2 Å². The molecule has 1 unspecified atom stereocenters. The zero-order valence-corrected chi connectivity index (χ0v) is 13.0. The van der Waals surface area contributed by atoms with Gasteiger partial charge in [-0.3, -0.25) is 4.79 Å². The molecule has 0 fully saturated rings. The predicted molar refractivity (Wildman–Crippen MR) is 79.0 cm³/mol. The lowest BCUT2D eigenvalue weighted by Crippen LogP contribution is -2.40. The summed E-state index contributed by atoms with van der Waals surface area (Å²) in [4.78, 5) is 12.9. The van der Waals surface area contributed by atoms with Crippen molar-refractivity contribution in [2.75, 3.05) is 18.9 Å². The van der Waals surface area contributed by atoms with Crippen molar-refractivity contribution < 1.29 is 9.53 Å². The number of hydrogen-bond acceptors (Lipinski definition) is 4. The standard InChI is InChI=1S/C13H18BrNO2S/c1-3-15-11(13(16)17-4-2)9-18-12-8-6-5-7-10(12)14/h5-8,11,15H,3-4,9H2,1-2H3. The van der Waals surface area contributed by atoms with Crippen LogP contribution in [0.4, 0.5) is 0 Å². The molecule has 0 radical (unpaired) electrons. The second-order valence-corrected chi connectivity index (χ2v) is 5.52. The van der Waals surface area contributed by atoms with Crippen LogP contribution in [-0.2, 0) is 9.53 Å². The number of rotatable bonds is 7. The molecule has 5 heteroatoms. The van der Waals surface area contributed by atoms with Crippen LogP contribution < -0.4 is 5.32 Å². The summed E-state index contributed by atoms with van der Waals surface area (Å²) in [5.41, 5.74) is 0. The quantitative estimate of drug-likeness (QED) is 0.615. The fourth-order valence-corrected chi connectivity index (χ4v) is 3.04. The number of halogens is 1. The molecule has 1 rings (SSSR count). The number of hydrogen-bond donors (Lipinski definition) is 1. The number of likely N-dealkylation sites (N-methyl/N-ethyl adjacent to an activating group) is 1. The van der Waals surface area contributed by atoms with Crippen molar-refractivity contribution in [3.05, 3.63) is 28.7 Å². The van der Waals surface area contributed by atoms with Crippen LogP contribution in [0.1, 0.15) is 13.8 Å². The average Bonchev–Trinajstić information content (AvgIpc) is 2.36. The van der Waals surface area contributed by atoms with Crippen LogP contribution in [0.2, 0.25) is 0 Å². The fourth-order valence-electron chi connectivity index (χ4n) is 1.43. The highest BCUT2D eigenvalue weighted by Crippen LogP contribution is 2.27. The van der Waals surface area contributed by atoms with Gasteiger partial charge in [-0.15, -0.1) is 11.8 Å². The lowest BCUT2D eigenvalue weighted by atomic mass is 10.3. The van der Waals surface area contributed by atoms with Gasteiger partial charge in [0.15, 0.2) is 0 Å². The number of ether oxygens (including phenoxy) is 1. The van der Waals surface area contributed by atoms with Gasteiger partial charge in [-0.05, 0) is 41.5 Å². The molecule has 0 aromatic heterocycles. The third-order valence-electron chi connectivity index (χ3n) is 2.26. The molecular formula is C13H18BrNO2S. The Morgan fingerprint density at radius 2 is 2.17 bits per heavy atom. The maximum atomic E-state index is 11.7. The van der Waals surface area contributed by atoms with Crippen LogP contribution in [0.5, 0.6) is 0 Å². The van der Waals surface area contributed by atoms with Crippen molar-refractivity contribution in [1.29, 1.82) is 0 Å². The summed E-state index contributed by atoms with van der Waals surface area (Å²) >= 11 is 5.13. The van der Waals surface area contributed by atoms with Gasteiger partial charge in [-0.1, -0.05) is 19.1 Å². The monoisotopic (exact) mass is 331 g/mol. The van der Waals surface area contributed by atoms with Crippen LogP contribution in [0.15, 0.2) is 33.6 Å². The molecule has 0 bridgehead atoms. The number of esters is 1. The minimum Gasteiger partial charge on any atom is -0.465 e. The number of benzene rings is 1. The molecule has 0 amide bonds. The summed E-state index contributed by atoms with van der Waals surface area (Å²) in [7, 11) is 0. The van der Waals surface area contributed by atoms with E-state index in [4.69, 9.17) is 4.74 Å². The second kappa shape index (κ2) is 8.56. The van der Waals surface area contributed by atoms with Gasteiger partial charge in [0.05, 0.1) is 6.61 Å². The molecule has 1 aromatic carbocycles. The molecule has 0 saturated carbocycles. The minimum atomic E-state index is -0.257. The molecule has 1 atom stereocenters. The molecule has 1 N–H and O–H groups in total. The van der Waals surface area contributed by atoms with Crippen molar-refractivity contribution in [3.8, 4) is 0 Å². The number of nitrogens with one attached hydrogen (secondary N) is 1. The summed E-state index contributed by atoms with van der Waals surface area (Å²) in [6, 6.07) is 7.73. The highest BCUT2D eigenvalue weighted by Gasteiger charge is 2.18. The Morgan fingerprint density at radius 1 is 1.44 bits per heavy atom. The lowest BCUT2D eigenvalue weighted by molar-refractivity contribution is -0.144. The van der Waals surface area contributed by atoms with Gasteiger partial charge in [0.25, 0.3) is 0 Å². The van der Waals surface area contributed by atoms with Crippen molar-refractivity contribution in [2.45, 2.75) is 24.8 Å². The Bertz CT molecular complexity index is 387. The molecule has 0 aliphatic carbocycles. The topological polar surface area (TPSA) is 38.3 Å². The summed E-state index contributed by atoms with van der Waals surface area (Å²) in [6.07, 6.45) is 0. The first-order chi connectivity index (χ1) is 8.69. The van der Waals surface area contributed by atoms with E-state index in [9.17, 15) is 4.79 Å². The summed E-state index contributed by atoms with van der Waals surface area (Å²) in [6.45, 7) is 4.97. The maximum absolute atomic E-state index is 11.7. The Balaban J connectivity index is 2.57. The molecule has 0 aliphatic rings. The first-order valence-electron chi connectivity index (χ1n) is 5.96. The van der Waals surface area contributed by atoms with Crippen molar-refractivity contribution >= 4 is 33.7 Å². The van der Waals surface area contributed by atoms with E-state index in [1.807, 2.05) is 38.1 Å². The minimum absolute atomic E-state index is 0.182. The largest absolute Gasteiger partial charge is 0.465 e. The van der Waals surface area contributed by atoms with Gasteiger partial charge < -0.3 is 10.1 Å². The molecule has 100 valence electrons. The zero-order chi connectivity index (χ0) is 13.4. The van der Waals surface area contributed by atoms with Crippen LogP contribution >= 0.6 is 27.7 Å². The smallest absolute Gasteiger partial charge is 0.323 e. The average molecular weight is 332 g/mol. The van der Waals surface area contributed by atoms with Gasteiger partial charge in [0, 0.05) is 15.1 Å². The molecule has 0 heterocycles. The van der Waals surface area contributed by atoms with Crippen LogP contribution in [0.25, 0.3) is 0 Å². The van der Waals surface area contributed by atoms with Crippen molar-refractivity contribution in [3.63, 3.8) is 0 Å². The first kappa shape index (κ1) is 15.5. The van der Waals surface area contributed by atoms with Gasteiger partial charge in [0.1, 0.15) is 6.04 Å². The normalized spacial score (nSPS) is 12.2. The van der Waals surface area contributed by atoms with Crippen LogP contribution in [0, 0.1) is 0 Å². The number of thioether (sulfide) groups is 1. The third kappa shape index (κ3) is 5.00. The number of carbonyl (C=O) groups is 1. The molecular weight excluding hydrogens is 314 g/mol. The second-order valence-electron chi connectivity index (χ2n) is 3.60. The van der Waals surface area contributed by atoms with Crippen LogP contribution in [-0.4, -0.2) is 30.9 Å². The van der Waals surface area contributed by atoms with Crippen molar-refractivity contribution in [1.82, 2.24) is 5.32 Å². The van der Waals surface area contributed by atoms with Crippen LogP contribution in [0.3, 0.4) is 0 Å². The number of carbonyl (C=O) groups excluding carboxylic acids is 1. The summed E-state index contributed by atoms with van der Waals surface area (Å²) in [5.74, 6) is 0.480. The zero-order valence-electron chi connectivity index (χ0n) is 10.6. The predicted octanol–water partition coefficient (Wildman–Crippen LogP) is 3.08. The summed E-state index contributed by atoms with van der Waals surface area (Å²) in [5, 5.41) is 3.15. The van der Waals surface area contributed by atoms with E-state index in [-0.39, 0.29) is 12.0 Å². The Morgan fingerprint density at radius 3 is 2.78 bits per heavy atom. The molecule has 3 nitrogen and oxygen atoms in total. The summed E-state index contributed by atoms with van der Waals surface area (Å²) < 4.78 is 6.10. The molecule has 0 aliphatic heterocycles. The highest BCUT2D eigenvalue weighted by atomic mass is 79.9. The molecule has 1 aromatic rings. The van der Waals surface area contributed by atoms with Gasteiger partial charge in [-0.25, -0.2) is 0 Å². The van der Waals surface area contributed by atoms with E-state index in [0.29, 0.717) is 12.4 Å². The van der Waals surface area contributed by atoms with E-state index in [1.54, 1.807) is 11.8 Å². The van der Waals surface area contributed by atoms with E-state index in [1.165, 1.54) is 0 Å². The Hall–Kier alpha value is -0.520. The van der Waals surface area contributed by atoms with E-state index >= 15 is 0 Å². The van der Waals surface area contributed by atoms with Gasteiger partial charge in [0.2, 0.25) is 0 Å². The van der Waals surface area contributed by atoms with Crippen molar-refractivity contribution in [2.24, 2.45) is 0 Å². The molecule has 0 spiro atoms. The SMILES string of the molecule is CCNC(CSc1ccccc1Br)C(=O)OCC. The Kier molecular flexibility index (Phi) is 7.39.